The number of hydrogen-bond donors (Lipinski definition) is 1. The first-order chi connectivity index (χ1) is 8.25. The van der Waals surface area contributed by atoms with Crippen molar-refractivity contribution >= 4 is 10.8 Å². The van der Waals surface area contributed by atoms with Crippen LogP contribution in [0.5, 0.6) is 0 Å². The molecule has 3 nitrogen and oxygen atoms in total. The van der Waals surface area contributed by atoms with E-state index in [2.05, 4.69) is 17.0 Å². The molecule has 1 aromatic carbocycles. The number of nitrogens with two attached hydrogens (primary N) is 1. The molecule has 2 N–H and O–H groups in total. The van der Waals surface area contributed by atoms with Crippen molar-refractivity contribution in [1.82, 2.24) is 4.90 Å². The number of nitrogens with zero attached hydrogens (tertiary/aromatic N) is 1. The minimum Gasteiger partial charge on any atom is -0.324 e. The summed E-state index contributed by atoms with van der Waals surface area (Å²) < 4.78 is 11.2. The van der Waals surface area contributed by atoms with Crippen molar-refractivity contribution in [3.63, 3.8) is 0 Å². The molecule has 0 aliphatic carbocycles. The lowest BCUT2D eigenvalue weighted by atomic mass is 10.0. The molecule has 0 saturated carbocycles. The van der Waals surface area contributed by atoms with Crippen molar-refractivity contribution in [2.24, 2.45) is 5.73 Å². The van der Waals surface area contributed by atoms with E-state index >= 15 is 0 Å². The third kappa shape index (κ3) is 3.91. The summed E-state index contributed by atoms with van der Waals surface area (Å²) in [6.07, 6.45) is 0.969. The molecule has 1 aromatic rings. The van der Waals surface area contributed by atoms with Crippen molar-refractivity contribution in [2.45, 2.75) is 12.5 Å². The summed E-state index contributed by atoms with van der Waals surface area (Å²) in [7, 11) is -0.584. The van der Waals surface area contributed by atoms with Gasteiger partial charge >= 0.3 is 0 Å². The van der Waals surface area contributed by atoms with Crippen LogP contribution >= 0.6 is 0 Å². The summed E-state index contributed by atoms with van der Waals surface area (Å²) in [5, 5.41) is 0. The van der Waals surface area contributed by atoms with Crippen LogP contribution in [0.15, 0.2) is 30.3 Å². The third-order valence-electron chi connectivity index (χ3n) is 3.25. The van der Waals surface area contributed by atoms with E-state index < -0.39 is 10.8 Å². The molecule has 1 aliphatic rings. The molecule has 1 fully saturated rings. The molecule has 0 radical (unpaired) electrons. The molecule has 17 heavy (non-hydrogen) atoms. The summed E-state index contributed by atoms with van der Waals surface area (Å²) in [5.74, 6) is 1.64. The van der Waals surface area contributed by atoms with E-state index in [1.54, 1.807) is 0 Å². The fraction of sp³-hybridized carbons (Fsp3) is 0.538. The minimum atomic E-state index is -0.584. The second kappa shape index (κ2) is 6.28. The average Bonchev–Trinajstić information content (AvgIpc) is 2.39. The number of hydrogen-bond acceptors (Lipinski definition) is 3. The number of rotatable bonds is 4. The van der Waals surface area contributed by atoms with Gasteiger partial charge in [0.2, 0.25) is 0 Å². The van der Waals surface area contributed by atoms with E-state index in [-0.39, 0.29) is 6.04 Å². The Bertz CT molecular complexity index is 359. The first-order valence-corrected chi connectivity index (χ1v) is 7.62. The smallest absolute Gasteiger partial charge is 0.0363 e. The van der Waals surface area contributed by atoms with Crippen molar-refractivity contribution in [2.75, 3.05) is 31.1 Å². The SMILES string of the molecule is NC(CCN1CCS(=O)CC1)c1ccccc1. The van der Waals surface area contributed by atoms with Gasteiger partial charge in [-0.15, -0.1) is 0 Å². The second-order valence-electron chi connectivity index (χ2n) is 4.50. The summed E-state index contributed by atoms with van der Waals surface area (Å²) >= 11 is 0. The van der Waals surface area contributed by atoms with Crippen LogP contribution in [0.25, 0.3) is 0 Å². The van der Waals surface area contributed by atoms with Gasteiger partial charge in [-0.05, 0) is 12.0 Å². The zero-order valence-electron chi connectivity index (χ0n) is 10.0. The van der Waals surface area contributed by atoms with Gasteiger partial charge in [0.05, 0.1) is 0 Å². The van der Waals surface area contributed by atoms with Gasteiger partial charge in [0.25, 0.3) is 0 Å². The lowest BCUT2D eigenvalue weighted by Crippen LogP contribution is -2.39. The highest BCUT2D eigenvalue weighted by molar-refractivity contribution is 7.85. The lowest BCUT2D eigenvalue weighted by molar-refractivity contribution is 0.287. The van der Waals surface area contributed by atoms with Crippen molar-refractivity contribution in [3.05, 3.63) is 35.9 Å². The first kappa shape index (κ1) is 12.7. The predicted octanol–water partition coefficient (Wildman–Crippen LogP) is 1.14. The molecule has 1 saturated heterocycles. The minimum absolute atomic E-state index is 0.114. The van der Waals surface area contributed by atoms with E-state index in [1.165, 1.54) is 5.56 Å². The van der Waals surface area contributed by atoms with Crippen LogP contribution in [0.3, 0.4) is 0 Å². The predicted molar refractivity (Wildman–Crippen MR) is 72.3 cm³/mol. The Balaban J connectivity index is 1.77. The van der Waals surface area contributed by atoms with Gasteiger partial charge in [-0.1, -0.05) is 30.3 Å². The summed E-state index contributed by atoms with van der Waals surface area (Å²) in [6, 6.07) is 10.3. The Morgan fingerprint density at radius 3 is 2.53 bits per heavy atom. The summed E-state index contributed by atoms with van der Waals surface area (Å²) in [6.45, 7) is 2.91. The second-order valence-corrected chi connectivity index (χ2v) is 6.19. The van der Waals surface area contributed by atoms with Crippen molar-refractivity contribution in [3.8, 4) is 0 Å². The highest BCUT2D eigenvalue weighted by Crippen LogP contribution is 2.14. The summed E-state index contributed by atoms with van der Waals surface area (Å²) in [5.41, 5.74) is 7.35. The van der Waals surface area contributed by atoms with Crippen LogP contribution in [0.1, 0.15) is 18.0 Å². The zero-order chi connectivity index (χ0) is 12.1. The van der Waals surface area contributed by atoms with Gasteiger partial charge in [0.15, 0.2) is 0 Å². The first-order valence-electron chi connectivity index (χ1n) is 6.13. The Morgan fingerprint density at radius 1 is 1.24 bits per heavy atom. The Morgan fingerprint density at radius 2 is 1.88 bits per heavy atom. The van der Waals surface area contributed by atoms with Crippen molar-refractivity contribution in [1.29, 1.82) is 0 Å². The van der Waals surface area contributed by atoms with Crippen LogP contribution in [-0.2, 0) is 10.8 Å². The van der Waals surface area contributed by atoms with Gasteiger partial charge < -0.3 is 10.6 Å². The molecule has 0 bridgehead atoms. The molecule has 4 heteroatoms. The van der Waals surface area contributed by atoms with Crippen LogP contribution < -0.4 is 5.73 Å². The van der Waals surface area contributed by atoms with Gasteiger partial charge in [-0.25, -0.2) is 0 Å². The Labute approximate surface area is 105 Å². The lowest BCUT2D eigenvalue weighted by Gasteiger charge is -2.27. The molecular weight excluding hydrogens is 232 g/mol. The molecule has 1 aliphatic heterocycles. The molecule has 0 amide bonds. The maximum absolute atomic E-state index is 11.2. The maximum atomic E-state index is 11.2. The standard InChI is InChI=1S/C13H20N2OS/c14-13(12-4-2-1-3-5-12)6-7-15-8-10-17(16)11-9-15/h1-5,13H,6-11,14H2. The van der Waals surface area contributed by atoms with Crippen LogP contribution in [-0.4, -0.2) is 40.2 Å². The topological polar surface area (TPSA) is 46.3 Å². The van der Waals surface area contributed by atoms with E-state index in [0.717, 1.165) is 37.6 Å². The van der Waals surface area contributed by atoms with Gasteiger partial charge in [0.1, 0.15) is 0 Å². The van der Waals surface area contributed by atoms with Crippen LogP contribution in [0.2, 0.25) is 0 Å². The highest BCUT2D eigenvalue weighted by atomic mass is 32.2. The largest absolute Gasteiger partial charge is 0.324 e. The van der Waals surface area contributed by atoms with Gasteiger partial charge in [-0.2, -0.15) is 0 Å². The maximum Gasteiger partial charge on any atom is 0.0363 e. The van der Waals surface area contributed by atoms with E-state index in [1.807, 2.05) is 18.2 Å². The Hall–Kier alpha value is -0.710. The van der Waals surface area contributed by atoms with Gasteiger partial charge in [0, 0.05) is 48.0 Å². The fourth-order valence-corrected chi connectivity index (χ4v) is 3.22. The molecule has 0 spiro atoms. The summed E-state index contributed by atoms with van der Waals surface area (Å²) in [4.78, 5) is 2.37. The molecule has 1 atom stereocenters. The van der Waals surface area contributed by atoms with Crippen LogP contribution in [0, 0.1) is 0 Å². The Kier molecular flexibility index (Phi) is 4.71. The van der Waals surface area contributed by atoms with Crippen LogP contribution in [0.4, 0.5) is 0 Å². The highest BCUT2D eigenvalue weighted by Gasteiger charge is 2.15. The monoisotopic (exact) mass is 252 g/mol. The van der Waals surface area contributed by atoms with E-state index in [4.69, 9.17) is 5.73 Å². The normalized spacial score (nSPS) is 20.3. The van der Waals surface area contributed by atoms with Crippen molar-refractivity contribution < 1.29 is 4.21 Å². The fourth-order valence-electron chi connectivity index (χ4n) is 2.09. The molecular formula is C13H20N2OS. The quantitative estimate of drug-likeness (QED) is 0.874. The molecule has 0 aromatic heterocycles. The van der Waals surface area contributed by atoms with E-state index in [0.29, 0.717) is 0 Å². The molecule has 1 unspecified atom stereocenters. The third-order valence-corrected chi connectivity index (χ3v) is 4.53. The van der Waals surface area contributed by atoms with Gasteiger partial charge in [-0.3, -0.25) is 4.21 Å². The number of benzene rings is 1. The van der Waals surface area contributed by atoms with E-state index in [9.17, 15) is 4.21 Å². The zero-order valence-corrected chi connectivity index (χ0v) is 10.9. The molecule has 2 rings (SSSR count). The average molecular weight is 252 g/mol. The molecule has 1 heterocycles. The molecule has 94 valence electrons.